The third-order valence-electron chi connectivity index (χ3n) is 5.60. The van der Waals surface area contributed by atoms with Gasteiger partial charge in [0.2, 0.25) is 0 Å². The minimum absolute atomic E-state index is 1.11. The summed E-state index contributed by atoms with van der Waals surface area (Å²) in [5.74, 6) is -1.93. The van der Waals surface area contributed by atoms with Gasteiger partial charge in [0.15, 0.2) is 0 Å². The summed E-state index contributed by atoms with van der Waals surface area (Å²) in [6, 6.07) is 23.5. The number of pyridine rings is 2. The molecule has 0 saturated heterocycles. The van der Waals surface area contributed by atoms with Crippen molar-refractivity contribution in [3.63, 3.8) is 0 Å². The summed E-state index contributed by atoms with van der Waals surface area (Å²) in [7, 11) is 0. The van der Waals surface area contributed by atoms with Crippen LogP contribution in [0.5, 0.6) is 0 Å². The van der Waals surface area contributed by atoms with Gasteiger partial charge in [-0.25, -0.2) is 0 Å². The van der Waals surface area contributed by atoms with E-state index in [9.17, 15) is 0 Å². The molecule has 1 saturated carbocycles. The van der Waals surface area contributed by atoms with E-state index < -0.39 is 5.95 Å². The fourth-order valence-electron chi connectivity index (χ4n) is 4.45. The SMILES string of the molecule is [Se-][P+]1(c2ccccc2)C(c2ccccn2)=C2CCCCC2=C1c1ccccn1. The first kappa shape index (κ1) is 18.0. The molecule has 1 fully saturated rings. The Labute approximate surface area is 174 Å². The summed E-state index contributed by atoms with van der Waals surface area (Å²) >= 11 is 3.74. The molecule has 3 heterocycles. The molecule has 1 aromatic carbocycles. The molecule has 0 amide bonds. The van der Waals surface area contributed by atoms with Gasteiger partial charge < -0.3 is 0 Å². The maximum absolute atomic E-state index is 4.80. The van der Waals surface area contributed by atoms with E-state index in [1.54, 1.807) is 0 Å². The van der Waals surface area contributed by atoms with Gasteiger partial charge in [-0.3, -0.25) is 0 Å². The Morgan fingerprint density at radius 2 is 1.14 bits per heavy atom. The van der Waals surface area contributed by atoms with Crippen LogP contribution >= 0.6 is 5.95 Å². The van der Waals surface area contributed by atoms with Crippen molar-refractivity contribution >= 4 is 37.5 Å². The number of hydrogen-bond donors (Lipinski definition) is 0. The fourth-order valence-corrected chi connectivity index (χ4v) is 11.3. The summed E-state index contributed by atoms with van der Waals surface area (Å²) in [6.07, 6.45) is 8.60. The van der Waals surface area contributed by atoms with Crippen molar-refractivity contribution in [2.45, 2.75) is 25.7 Å². The number of allylic oxidation sites excluding steroid dienone is 2. The van der Waals surface area contributed by atoms with E-state index >= 15 is 0 Å². The molecule has 0 N–H and O–H groups in total. The Bertz CT molecular complexity index is 994. The molecule has 0 unspecified atom stereocenters. The van der Waals surface area contributed by atoms with Gasteiger partial charge in [-0.05, 0) is 0 Å². The van der Waals surface area contributed by atoms with Crippen molar-refractivity contribution < 1.29 is 0 Å². The molecule has 0 spiro atoms. The number of rotatable bonds is 3. The summed E-state index contributed by atoms with van der Waals surface area (Å²) in [5, 5.41) is 4.22. The van der Waals surface area contributed by atoms with Gasteiger partial charge in [-0.2, -0.15) is 0 Å². The monoisotopic (exact) mass is 448 g/mol. The van der Waals surface area contributed by atoms with Crippen LogP contribution in [-0.2, 0) is 0 Å². The first-order valence-electron chi connectivity index (χ1n) is 9.76. The Morgan fingerprint density at radius 1 is 0.643 bits per heavy atom. The molecule has 0 atom stereocenters. The van der Waals surface area contributed by atoms with Crippen LogP contribution in [0.1, 0.15) is 37.1 Å². The zero-order chi connectivity index (χ0) is 19.0. The number of benzene rings is 1. The van der Waals surface area contributed by atoms with Crippen LogP contribution in [0, 0.1) is 0 Å². The molecular formula is C24H21N2PSe. The molecule has 5 rings (SSSR count). The minimum atomic E-state index is -1.93. The molecule has 0 radical (unpaired) electrons. The topological polar surface area (TPSA) is 25.8 Å². The zero-order valence-corrected chi connectivity index (χ0v) is 18.2. The van der Waals surface area contributed by atoms with E-state index in [0.717, 1.165) is 24.2 Å². The van der Waals surface area contributed by atoms with E-state index in [1.807, 2.05) is 24.5 Å². The number of nitrogens with zero attached hydrogens (tertiary/aromatic N) is 2. The Balaban J connectivity index is 1.84. The molecule has 2 aliphatic rings. The van der Waals surface area contributed by atoms with Crippen molar-refractivity contribution in [3.8, 4) is 0 Å². The average Bonchev–Trinajstić information content (AvgIpc) is 3.05. The van der Waals surface area contributed by atoms with Crippen LogP contribution in [0.2, 0.25) is 0 Å². The van der Waals surface area contributed by atoms with E-state index in [-0.39, 0.29) is 0 Å². The quantitative estimate of drug-likeness (QED) is 0.385. The van der Waals surface area contributed by atoms with Crippen LogP contribution < -0.4 is 5.30 Å². The summed E-state index contributed by atoms with van der Waals surface area (Å²) in [4.78, 5) is 9.61. The predicted octanol–water partition coefficient (Wildman–Crippen LogP) is 5.61. The molecule has 138 valence electrons. The third-order valence-corrected chi connectivity index (χ3v) is 12.5. The van der Waals surface area contributed by atoms with Crippen molar-refractivity contribution in [1.29, 1.82) is 0 Å². The van der Waals surface area contributed by atoms with Crippen molar-refractivity contribution in [2.24, 2.45) is 0 Å². The van der Waals surface area contributed by atoms with E-state index in [2.05, 4.69) is 70.2 Å². The Hall–Kier alpha value is -2.05. The molecular weight excluding hydrogens is 426 g/mol. The van der Waals surface area contributed by atoms with Crippen molar-refractivity contribution in [3.05, 3.63) is 102 Å². The Kier molecular flexibility index (Phi) is 4.76. The number of fused-ring (bicyclic) bond motifs is 1. The van der Waals surface area contributed by atoms with Crippen LogP contribution in [0.25, 0.3) is 10.6 Å². The van der Waals surface area contributed by atoms with Gasteiger partial charge in [0.25, 0.3) is 0 Å². The number of aromatic nitrogens is 2. The first-order valence-corrected chi connectivity index (χ1v) is 13.8. The normalized spacial score (nSPS) is 18.3. The van der Waals surface area contributed by atoms with E-state index in [4.69, 9.17) is 9.97 Å². The van der Waals surface area contributed by atoms with Gasteiger partial charge in [-0.1, -0.05) is 0 Å². The molecule has 1 aliphatic heterocycles. The summed E-state index contributed by atoms with van der Waals surface area (Å²) < 4.78 is 0. The predicted molar refractivity (Wildman–Crippen MR) is 120 cm³/mol. The second-order valence-electron chi connectivity index (χ2n) is 7.24. The molecule has 2 aromatic heterocycles. The fraction of sp³-hybridized carbons (Fsp3) is 0.167. The van der Waals surface area contributed by atoms with Gasteiger partial charge >= 0.3 is 175 Å². The van der Waals surface area contributed by atoms with Crippen LogP contribution in [0.3, 0.4) is 0 Å². The second kappa shape index (κ2) is 7.41. The van der Waals surface area contributed by atoms with Crippen molar-refractivity contribution in [2.75, 3.05) is 0 Å². The van der Waals surface area contributed by atoms with Gasteiger partial charge in [0.05, 0.1) is 0 Å². The standard InChI is InChI=1S/C24H21N2PSe/c28-27(18-10-2-1-3-11-18)23(21-14-6-8-16-25-21)19-12-4-5-13-20(19)24(27)22-15-7-9-17-26-22/h1-3,6-11,14-17H,4-5,12-13H2. The van der Waals surface area contributed by atoms with Gasteiger partial charge in [0.1, 0.15) is 0 Å². The van der Waals surface area contributed by atoms with Crippen LogP contribution in [0.15, 0.2) is 90.3 Å². The van der Waals surface area contributed by atoms with Crippen LogP contribution in [-0.4, -0.2) is 25.5 Å². The molecule has 2 nitrogen and oxygen atoms in total. The average molecular weight is 447 g/mol. The molecule has 1 aliphatic carbocycles. The number of hydrogen-bond acceptors (Lipinski definition) is 2. The van der Waals surface area contributed by atoms with E-state index in [1.165, 1.54) is 39.9 Å². The zero-order valence-electron chi connectivity index (χ0n) is 15.6. The maximum atomic E-state index is 4.80. The third kappa shape index (κ3) is 2.81. The molecule has 0 bridgehead atoms. The van der Waals surface area contributed by atoms with E-state index in [0.29, 0.717) is 0 Å². The first-order chi connectivity index (χ1) is 13.8. The van der Waals surface area contributed by atoms with Crippen molar-refractivity contribution in [1.82, 2.24) is 9.97 Å². The van der Waals surface area contributed by atoms with Crippen LogP contribution in [0.4, 0.5) is 0 Å². The second-order valence-corrected chi connectivity index (χ2v) is 13.3. The molecule has 3 aromatic rings. The molecule has 28 heavy (non-hydrogen) atoms. The summed E-state index contributed by atoms with van der Waals surface area (Å²) in [6.45, 7) is 0. The summed E-state index contributed by atoms with van der Waals surface area (Å²) in [5.41, 5.74) is 5.25. The molecule has 4 heteroatoms. The Morgan fingerprint density at radius 3 is 1.61 bits per heavy atom. The van der Waals surface area contributed by atoms with Gasteiger partial charge in [-0.15, -0.1) is 0 Å². The van der Waals surface area contributed by atoms with Gasteiger partial charge in [0, 0.05) is 0 Å².